The lowest BCUT2D eigenvalue weighted by molar-refractivity contribution is 0.459. The number of nitrogens with one attached hydrogen (secondary N) is 1. The molecule has 14 heavy (non-hydrogen) atoms. The maximum Gasteiger partial charge on any atom is 0.0534 e. The molecule has 0 spiro atoms. The Morgan fingerprint density at radius 2 is 2.43 bits per heavy atom. The highest BCUT2D eigenvalue weighted by Gasteiger charge is 2.22. The molecule has 0 amide bonds. The average molecular weight is 193 g/mol. The third kappa shape index (κ3) is 3.14. The zero-order valence-electron chi connectivity index (χ0n) is 8.82. The first-order chi connectivity index (χ1) is 6.84. The Bertz CT molecular complexity index is 252. The van der Waals surface area contributed by atoms with Gasteiger partial charge in [0.1, 0.15) is 0 Å². The van der Waals surface area contributed by atoms with Crippen molar-refractivity contribution in [3.05, 3.63) is 18.5 Å². The fourth-order valence-corrected chi connectivity index (χ4v) is 1.80. The summed E-state index contributed by atoms with van der Waals surface area (Å²) in [6, 6.07) is 2.63. The Morgan fingerprint density at radius 3 is 3.07 bits per heavy atom. The van der Waals surface area contributed by atoms with Gasteiger partial charge < -0.3 is 5.32 Å². The molecule has 1 N–H and O–H groups in total. The summed E-state index contributed by atoms with van der Waals surface area (Å²) in [5, 5.41) is 7.69. The van der Waals surface area contributed by atoms with E-state index in [1.54, 1.807) is 0 Å². The van der Waals surface area contributed by atoms with Crippen molar-refractivity contribution in [2.24, 2.45) is 5.92 Å². The minimum atomic E-state index is 0.665. The molecule has 1 saturated carbocycles. The van der Waals surface area contributed by atoms with Gasteiger partial charge in [0.05, 0.1) is 6.54 Å². The Labute approximate surface area is 85.5 Å². The molecule has 1 aromatic rings. The molecule has 3 heteroatoms. The summed E-state index contributed by atoms with van der Waals surface area (Å²) in [6.45, 7) is 4.28. The molecule has 0 saturated heterocycles. The summed E-state index contributed by atoms with van der Waals surface area (Å²) in [5.41, 5.74) is 0. The Kier molecular flexibility index (Phi) is 3.19. The van der Waals surface area contributed by atoms with Gasteiger partial charge in [-0.15, -0.1) is 0 Å². The van der Waals surface area contributed by atoms with E-state index in [9.17, 15) is 0 Å². The first-order valence-corrected chi connectivity index (χ1v) is 5.55. The SMILES string of the molecule is CC(CC1CC1)NCCn1cccn1. The van der Waals surface area contributed by atoms with E-state index >= 15 is 0 Å². The van der Waals surface area contributed by atoms with Gasteiger partial charge in [0.25, 0.3) is 0 Å². The molecule has 0 radical (unpaired) electrons. The van der Waals surface area contributed by atoms with Gasteiger partial charge in [0, 0.05) is 25.0 Å². The molecular formula is C11H19N3. The first-order valence-electron chi connectivity index (χ1n) is 5.55. The predicted molar refractivity (Wildman–Crippen MR) is 57.0 cm³/mol. The van der Waals surface area contributed by atoms with Crippen LogP contribution in [0.2, 0.25) is 0 Å². The second-order valence-corrected chi connectivity index (χ2v) is 4.30. The highest BCUT2D eigenvalue weighted by molar-refractivity contribution is 4.79. The van der Waals surface area contributed by atoms with Crippen molar-refractivity contribution in [3.63, 3.8) is 0 Å². The second kappa shape index (κ2) is 4.60. The lowest BCUT2D eigenvalue weighted by atomic mass is 10.1. The number of hydrogen-bond donors (Lipinski definition) is 1. The van der Waals surface area contributed by atoms with Crippen molar-refractivity contribution in [2.45, 2.75) is 38.8 Å². The van der Waals surface area contributed by atoms with Crippen molar-refractivity contribution < 1.29 is 0 Å². The molecule has 1 aliphatic carbocycles. The van der Waals surface area contributed by atoms with Crippen LogP contribution in [0.3, 0.4) is 0 Å². The van der Waals surface area contributed by atoms with Crippen LogP contribution in [0.5, 0.6) is 0 Å². The summed E-state index contributed by atoms with van der Waals surface area (Å²) in [4.78, 5) is 0. The monoisotopic (exact) mass is 193 g/mol. The molecule has 1 heterocycles. The highest BCUT2D eigenvalue weighted by Crippen LogP contribution is 2.33. The Hall–Kier alpha value is -0.830. The van der Waals surface area contributed by atoms with Crippen LogP contribution in [0.4, 0.5) is 0 Å². The molecular weight excluding hydrogens is 174 g/mol. The van der Waals surface area contributed by atoms with Gasteiger partial charge in [-0.2, -0.15) is 5.10 Å². The number of aromatic nitrogens is 2. The van der Waals surface area contributed by atoms with Gasteiger partial charge in [-0.3, -0.25) is 4.68 Å². The van der Waals surface area contributed by atoms with Crippen molar-refractivity contribution in [2.75, 3.05) is 6.54 Å². The minimum Gasteiger partial charge on any atom is -0.312 e. The quantitative estimate of drug-likeness (QED) is 0.744. The maximum absolute atomic E-state index is 4.16. The van der Waals surface area contributed by atoms with E-state index in [1.807, 2.05) is 23.1 Å². The largest absolute Gasteiger partial charge is 0.312 e. The van der Waals surface area contributed by atoms with Crippen LogP contribution >= 0.6 is 0 Å². The summed E-state index contributed by atoms with van der Waals surface area (Å²) in [6.07, 6.45) is 8.08. The van der Waals surface area contributed by atoms with E-state index < -0.39 is 0 Å². The Morgan fingerprint density at radius 1 is 1.57 bits per heavy atom. The second-order valence-electron chi connectivity index (χ2n) is 4.30. The molecule has 0 aliphatic heterocycles. The molecule has 2 rings (SSSR count). The van der Waals surface area contributed by atoms with E-state index in [0.717, 1.165) is 19.0 Å². The van der Waals surface area contributed by atoms with Crippen LogP contribution in [0, 0.1) is 5.92 Å². The van der Waals surface area contributed by atoms with E-state index in [2.05, 4.69) is 17.3 Å². The number of nitrogens with zero attached hydrogens (tertiary/aromatic N) is 2. The van der Waals surface area contributed by atoms with Gasteiger partial charge >= 0.3 is 0 Å². The number of rotatable bonds is 6. The molecule has 3 nitrogen and oxygen atoms in total. The lowest BCUT2D eigenvalue weighted by Gasteiger charge is -2.12. The van der Waals surface area contributed by atoms with E-state index in [0.29, 0.717) is 6.04 Å². The molecule has 1 aromatic heterocycles. The van der Waals surface area contributed by atoms with Crippen LogP contribution in [-0.4, -0.2) is 22.4 Å². The summed E-state index contributed by atoms with van der Waals surface area (Å²) < 4.78 is 1.97. The molecule has 1 fully saturated rings. The summed E-state index contributed by atoms with van der Waals surface area (Å²) in [7, 11) is 0. The summed E-state index contributed by atoms with van der Waals surface area (Å²) >= 11 is 0. The fraction of sp³-hybridized carbons (Fsp3) is 0.727. The third-order valence-electron chi connectivity index (χ3n) is 2.78. The predicted octanol–water partition coefficient (Wildman–Crippen LogP) is 1.66. The van der Waals surface area contributed by atoms with E-state index in [-0.39, 0.29) is 0 Å². The molecule has 78 valence electrons. The van der Waals surface area contributed by atoms with Crippen molar-refractivity contribution in [1.82, 2.24) is 15.1 Å². The van der Waals surface area contributed by atoms with Crippen LogP contribution in [-0.2, 0) is 6.54 Å². The van der Waals surface area contributed by atoms with Gasteiger partial charge in [0.15, 0.2) is 0 Å². The zero-order chi connectivity index (χ0) is 9.80. The van der Waals surface area contributed by atoms with Crippen LogP contribution in [0.15, 0.2) is 18.5 Å². The maximum atomic E-state index is 4.16. The van der Waals surface area contributed by atoms with Gasteiger partial charge in [0.2, 0.25) is 0 Å². The molecule has 0 bridgehead atoms. The molecule has 0 aromatic carbocycles. The van der Waals surface area contributed by atoms with Crippen LogP contribution in [0.1, 0.15) is 26.2 Å². The van der Waals surface area contributed by atoms with Crippen LogP contribution in [0.25, 0.3) is 0 Å². The molecule has 1 aliphatic rings. The van der Waals surface area contributed by atoms with Crippen molar-refractivity contribution >= 4 is 0 Å². The normalized spacial score (nSPS) is 18.4. The number of hydrogen-bond acceptors (Lipinski definition) is 2. The van der Waals surface area contributed by atoms with Crippen molar-refractivity contribution in [1.29, 1.82) is 0 Å². The van der Waals surface area contributed by atoms with Crippen molar-refractivity contribution in [3.8, 4) is 0 Å². The Balaban J connectivity index is 1.57. The highest BCUT2D eigenvalue weighted by atomic mass is 15.3. The molecule has 1 unspecified atom stereocenters. The first kappa shape index (κ1) is 9.71. The third-order valence-corrected chi connectivity index (χ3v) is 2.78. The minimum absolute atomic E-state index is 0.665. The summed E-state index contributed by atoms with van der Waals surface area (Å²) in [5.74, 6) is 1.02. The van der Waals surface area contributed by atoms with Gasteiger partial charge in [-0.1, -0.05) is 12.8 Å². The van der Waals surface area contributed by atoms with Gasteiger partial charge in [-0.05, 0) is 25.3 Å². The topological polar surface area (TPSA) is 29.9 Å². The lowest BCUT2D eigenvalue weighted by Crippen LogP contribution is -2.29. The average Bonchev–Trinajstić information content (AvgIpc) is 2.82. The van der Waals surface area contributed by atoms with Crippen LogP contribution < -0.4 is 5.32 Å². The molecule has 1 atom stereocenters. The smallest absolute Gasteiger partial charge is 0.0534 e. The van der Waals surface area contributed by atoms with E-state index in [1.165, 1.54) is 19.3 Å². The fourth-order valence-electron chi connectivity index (χ4n) is 1.80. The van der Waals surface area contributed by atoms with E-state index in [4.69, 9.17) is 0 Å². The van der Waals surface area contributed by atoms with Gasteiger partial charge in [-0.25, -0.2) is 0 Å². The zero-order valence-corrected chi connectivity index (χ0v) is 8.82. The standard InChI is InChI=1S/C11H19N3/c1-10(9-11-3-4-11)12-6-8-14-7-2-5-13-14/h2,5,7,10-12H,3-4,6,8-9H2,1H3.